The summed E-state index contributed by atoms with van der Waals surface area (Å²) in [6.07, 6.45) is 0.537. The molecule has 1 N–H and O–H groups in total. The predicted octanol–water partition coefficient (Wildman–Crippen LogP) is 2.88. The lowest BCUT2D eigenvalue weighted by atomic mass is 9.78. The van der Waals surface area contributed by atoms with Crippen molar-refractivity contribution < 1.29 is 14.6 Å². The van der Waals surface area contributed by atoms with Crippen molar-refractivity contribution in [1.29, 1.82) is 0 Å². The Morgan fingerprint density at radius 1 is 1.10 bits per heavy atom. The number of pyridine rings is 1. The first kappa shape index (κ1) is 20.0. The fourth-order valence-electron chi connectivity index (χ4n) is 5.17. The largest absolute Gasteiger partial charge is 0.486 e. The van der Waals surface area contributed by atoms with Crippen LogP contribution in [0.15, 0.2) is 36.4 Å². The van der Waals surface area contributed by atoms with E-state index in [1.54, 1.807) is 4.68 Å². The van der Waals surface area contributed by atoms with E-state index in [-0.39, 0.29) is 17.9 Å². The number of amides is 1. The van der Waals surface area contributed by atoms with Gasteiger partial charge in [-0.05, 0) is 56.7 Å². The van der Waals surface area contributed by atoms with Gasteiger partial charge in [0.15, 0.2) is 5.69 Å². The van der Waals surface area contributed by atoms with Gasteiger partial charge in [-0.3, -0.25) is 14.5 Å². The van der Waals surface area contributed by atoms with Crippen molar-refractivity contribution in [3.8, 4) is 5.75 Å². The Kier molecular flexibility index (Phi) is 4.93. The van der Waals surface area contributed by atoms with Crippen molar-refractivity contribution >= 4 is 16.8 Å². The molecular weight excluding hydrogens is 392 g/mol. The van der Waals surface area contributed by atoms with E-state index in [9.17, 15) is 9.90 Å². The summed E-state index contributed by atoms with van der Waals surface area (Å²) < 4.78 is 7.93. The minimum atomic E-state index is -0.548. The van der Waals surface area contributed by atoms with Gasteiger partial charge < -0.3 is 14.7 Å². The molecule has 3 heterocycles. The molecule has 3 aromatic rings. The highest BCUT2D eigenvalue weighted by atomic mass is 16.5. The standard InChI is InChI=1S/C24H28N4O3/c1-14-8-9-21(15(2)25-14)31-22-11-17-13-28(12-16(17)10-20(22)29)24(30)23-18-6-4-5-7-19(18)27(3)26-23/h4-9,16-17,20,22,29H,10-13H2,1-3H3/t16-,17+,20+,22+/m0/s1. The minimum Gasteiger partial charge on any atom is -0.486 e. The number of carbonyl (C=O) groups excluding carboxylic acids is 1. The smallest absolute Gasteiger partial charge is 0.275 e. The molecule has 0 spiro atoms. The van der Waals surface area contributed by atoms with Gasteiger partial charge in [0.1, 0.15) is 11.9 Å². The van der Waals surface area contributed by atoms with E-state index in [0.29, 0.717) is 31.1 Å². The number of likely N-dealkylation sites (tertiary alicyclic amines) is 1. The first-order valence-electron chi connectivity index (χ1n) is 10.9. The number of benzene rings is 1. The van der Waals surface area contributed by atoms with Crippen molar-refractivity contribution in [2.75, 3.05) is 13.1 Å². The summed E-state index contributed by atoms with van der Waals surface area (Å²) in [5.74, 6) is 1.28. The maximum absolute atomic E-state index is 13.3. The number of aromatic nitrogens is 3. The summed E-state index contributed by atoms with van der Waals surface area (Å²) in [5.41, 5.74) is 3.24. The first-order chi connectivity index (χ1) is 14.9. The Balaban J connectivity index is 1.31. The van der Waals surface area contributed by atoms with Crippen LogP contribution in [0.2, 0.25) is 0 Å². The Labute approximate surface area is 181 Å². The van der Waals surface area contributed by atoms with Gasteiger partial charge in [0, 0.05) is 31.2 Å². The van der Waals surface area contributed by atoms with Crippen LogP contribution in [0.5, 0.6) is 5.75 Å². The number of aryl methyl sites for hydroxylation is 3. The lowest BCUT2D eigenvalue weighted by molar-refractivity contribution is -0.0236. The summed E-state index contributed by atoms with van der Waals surface area (Å²) in [7, 11) is 1.86. The molecule has 2 aliphatic rings. The Hall–Kier alpha value is -2.93. The van der Waals surface area contributed by atoms with Crippen LogP contribution in [-0.4, -0.2) is 56.0 Å². The number of fused-ring (bicyclic) bond motifs is 2. The molecule has 31 heavy (non-hydrogen) atoms. The van der Waals surface area contributed by atoms with Crippen LogP contribution in [-0.2, 0) is 7.05 Å². The lowest BCUT2D eigenvalue weighted by Gasteiger charge is -2.35. The average molecular weight is 421 g/mol. The highest BCUT2D eigenvalue weighted by Crippen LogP contribution is 2.39. The SMILES string of the molecule is Cc1ccc(O[C@@H]2C[C@@H]3CN(C(=O)c4nn(C)c5ccccc45)C[C@@H]3C[C@H]2O)c(C)n1. The second kappa shape index (κ2) is 7.64. The topological polar surface area (TPSA) is 80.5 Å². The first-order valence-corrected chi connectivity index (χ1v) is 10.9. The second-order valence-electron chi connectivity index (χ2n) is 8.95. The zero-order valence-corrected chi connectivity index (χ0v) is 18.2. The Bertz CT molecular complexity index is 1140. The average Bonchev–Trinajstić information content (AvgIpc) is 3.31. The molecule has 1 saturated carbocycles. The van der Waals surface area contributed by atoms with Crippen molar-refractivity contribution in [2.24, 2.45) is 18.9 Å². The fourth-order valence-corrected chi connectivity index (χ4v) is 5.17. The van der Waals surface area contributed by atoms with Crippen LogP contribution in [0.1, 0.15) is 34.7 Å². The van der Waals surface area contributed by atoms with Crippen molar-refractivity contribution in [1.82, 2.24) is 19.7 Å². The molecule has 1 aliphatic heterocycles. The number of aliphatic hydroxyl groups is 1. The van der Waals surface area contributed by atoms with Gasteiger partial charge in [-0.1, -0.05) is 18.2 Å². The van der Waals surface area contributed by atoms with E-state index in [4.69, 9.17) is 4.74 Å². The summed E-state index contributed by atoms with van der Waals surface area (Å²) in [4.78, 5) is 19.7. The molecule has 2 aromatic heterocycles. The van der Waals surface area contributed by atoms with E-state index < -0.39 is 6.10 Å². The molecule has 7 nitrogen and oxygen atoms in total. The molecule has 4 atom stereocenters. The van der Waals surface area contributed by atoms with Crippen molar-refractivity contribution in [3.05, 3.63) is 53.5 Å². The number of para-hydroxylation sites is 1. The molecule has 0 radical (unpaired) electrons. The zero-order valence-electron chi connectivity index (χ0n) is 18.2. The monoisotopic (exact) mass is 420 g/mol. The van der Waals surface area contributed by atoms with E-state index in [1.807, 2.05) is 62.2 Å². The second-order valence-corrected chi connectivity index (χ2v) is 8.95. The third-order valence-electron chi connectivity index (χ3n) is 6.79. The van der Waals surface area contributed by atoms with Gasteiger partial charge in [0.25, 0.3) is 5.91 Å². The summed E-state index contributed by atoms with van der Waals surface area (Å²) in [5, 5.41) is 16.1. The van der Waals surface area contributed by atoms with Gasteiger partial charge in [-0.25, -0.2) is 0 Å². The molecule has 2 fully saturated rings. The Morgan fingerprint density at radius 3 is 2.61 bits per heavy atom. The number of hydrogen-bond donors (Lipinski definition) is 1. The van der Waals surface area contributed by atoms with Crippen LogP contribution in [0.25, 0.3) is 10.9 Å². The maximum Gasteiger partial charge on any atom is 0.275 e. The lowest BCUT2D eigenvalue weighted by Crippen LogP contribution is -2.42. The third kappa shape index (κ3) is 3.57. The molecule has 5 rings (SSSR count). The van der Waals surface area contributed by atoms with Gasteiger partial charge in [-0.15, -0.1) is 0 Å². The van der Waals surface area contributed by atoms with Crippen LogP contribution < -0.4 is 4.74 Å². The maximum atomic E-state index is 13.3. The van der Waals surface area contributed by atoms with Gasteiger partial charge in [0.2, 0.25) is 0 Å². The number of nitrogens with zero attached hydrogens (tertiary/aromatic N) is 4. The van der Waals surface area contributed by atoms with E-state index >= 15 is 0 Å². The number of ether oxygens (including phenoxy) is 1. The van der Waals surface area contributed by atoms with Crippen molar-refractivity contribution in [3.63, 3.8) is 0 Å². The van der Waals surface area contributed by atoms with Crippen LogP contribution in [0, 0.1) is 25.7 Å². The minimum absolute atomic E-state index is 0.0308. The molecule has 0 unspecified atom stereocenters. The summed E-state index contributed by atoms with van der Waals surface area (Å²) in [6, 6.07) is 11.7. The van der Waals surface area contributed by atoms with Crippen LogP contribution in [0.4, 0.5) is 0 Å². The van der Waals surface area contributed by atoms with E-state index in [2.05, 4.69) is 10.1 Å². The highest BCUT2D eigenvalue weighted by Gasteiger charge is 2.44. The Morgan fingerprint density at radius 2 is 1.84 bits per heavy atom. The quantitative estimate of drug-likeness (QED) is 0.705. The number of carbonyl (C=O) groups is 1. The zero-order chi connectivity index (χ0) is 21.7. The summed E-state index contributed by atoms with van der Waals surface area (Å²) in [6.45, 7) is 5.20. The molecule has 0 bridgehead atoms. The van der Waals surface area contributed by atoms with E-state index in [0.717, 1.165) is 34.5 Å². The highest BCUT2D eigenvalue weighted by molar-refractivity contribution is 6.04. The molecule has 162 valence electrons. The van der Waals surface area contributed by atoms with Crippen LogP contribution in [0.3, 0.4) is 0 Å². The van der Waals surface area contributed by atoms with Gasteiger partial charge in [0.05, 0.1) is 17.3 Å². The molecule has 1 amide bonds. The predicted molar refractivity (Wildman–Crippen MR) is 117 cm³/mol. The van der Waals surface area contributed by atoms with Gasteiger partial charge in [-0.2, -0.15) is 5.10 Å². The number of rotatable bonds is 3. The number of aliphatic hydroxyl groups excluding tert-OH is 1. The molecule has 1 aliphatic carbocycles. The fraction of sp³-hybridized carbons (Fsp3) is 0.458. The van der Waals surface area contributed by atoms with Crippen LogP contribution >= 0.6 is 0 Å². The summed E-state index contributed by atoms with van der Waals surface area (Å²) >= 11 is 0. The molecule has 1 aromatic carbocycles. The number of hydrogen-bond acceptors (Lipinski definition) is 5. The van der Waals surface area contributed by atoms with Crippen molar-refractivity contribution in [2.45, 2.75) is 38.9 Å². The molecule has 7 heteroatoms. The van der Waals surface area contributed by atoms with E-state index in [1.165, 1.54) is 0 Å². The van der Waals surface area contributed by atoms with Gasteiger partial charge >= 0.3 is 0 Å². The molecule has 1 saturated heterocycles. The normalized spacial score (nSPS) is 25.6. The molecular formula is C24H28N4O3. The third-order valence-corrected chi connectivity index (χ3v) is 6.79.